The van der Waals surface area contributed by atoms with Crippen molar-refractivity contribution in [3.63, 3.8) is 0 Å². The SMILES string of the molecule is CC(Nc1ccc(F)c([N+](=O)[O-])c1)C1CC2C=CC1C2. The molecule has 1 fully saturated rings. The number of hydrogen-bond acceptors (Lipinski definition) is 3. The van der Waals surface area contributed by atoms with Crippen LogP contribution >= 0.6 is 0 Å². The van der Waals surface area contributed by atoms with E-state index in [0.717, 1.165) is 6.07 Å². The third kappa shape index (κ3) is 2.28. The van der Waals surface area contributed by atoms with E-state index in [9.17, 15) is 14.5 Å². The quantitative estimate of drug-likeness (QED) is 0.517. The molecular formula is C15H17FN2O2. The Morgan fingerprint density at radius 2 is 2.20 bits per heavy atom. The molecule has 0 spiro atoms. The van der Waals surface area contributed by atoms with Gasteiger partial charge in [0.1, 0.15) is 0 Å². The first-order valence-electron chi connectivity index (χ1n) is 6.93. The van der Waals surface area contributed by atoms with E-state index in [0.29, 0.717) is 23.4 Å². The first kappa shape index (κ1) is 13.1. The van der Waals surface area contributed by atoms with Gasteiger partial charge in [0.15, 0.2) is 0 Å². The molecule has 4 atom stereocenters. The van der Waals surface area contributed by atoms with Crippen molar-refractivity contribution >= 4 is 11.4 Å². The molecule has 0 aliphatic heterocycles. The summed E-state index contributed by atoms with van der Waals surface area (Å²) in [6.07, 6.45) is 6.96. The number of nitro benzene ring substituents is 1. The predicted octanol–water partition coefficient (Wildman–Crippen LogP) is 3.75. The van der Waals surface area contributed by atoms with Crippen molar-refractivity contribution in [1.82, 2.24) is 0 Å². The number of nitrogens with zero attached hydrogens (tertiary/aromatic N) is 1. The number of nitro groups is 1. The smallest absolute Gasteiger partial charge is 0.306 e. The fraction of sp³-hybridized carbons (Fsp3) is 0.467. The first-order chi connectivity index (χ1) is 9.54. The average molecular weight is 276 g/mol. The number of anilines is 1. The molecule has 1 saturated carbocycles. The van der Waals surface area contributed by atoms with E-state index >= 15 is 0 Å². The van der Waals surface area contributed by atoms with Gasteiger partial charge < -0.3 is 5.32 Å². The van der Waals surface area contributed by atoms with E-state index in [1.54, 1.807) is 6.07 Å². The minimum absolute atomic E-state index is 0.222. The largest absolute Gasteiger partial charge is 0.382 e. The highest BCUT2D eigenvalue weighted by Gasteiger charge is 2.38. The van der Waals surface area contributed by atoms with Gasteiger partial charge in [0.05, 0.1) is 4.92 Å². The summed E-state index contributed by atoms with van der Waals surface area (Å²) in [6.45, 7) is 2.09. The van der Waals surface area contributed by atoms with Crippen LogP contribution in [0.3, 0.4) is 0 Å². The summed E-state index contributed by atoms with van der Waals surface area (Å²) in [6, 6.07) is 4.20. The Bertz CT molecular complexity index is 573. The van der Waals surface area contributed by atoms with Crippen molar-refractivity contribution in [1.29, 1.82) is 0 Å². The lowest BCUT2D eigenvalue weighted by molar-refractivity contribution is -0.387. The number of rotatable bonds is 4. The summed E-state index contributed by atoms with van der Waals surface area (Å²) in [5, 5.41) is 14.0. The second-order valence-electron chi connectivity index (χ2n) is 5.80. The van der Waals surface area contributed by atoms with E-state index in [1.165, 1.54) is 18.9 Å². The van der Waals surface area contributed by atoms with Crippen LogP contribution in [-0.2, 0) is 0 Å². The zero-order valence-corrected chi connectivity index (χ0v) is 11.3. The van der Waals surface area contributed by atoms with Crippen molar-refractivity contribution in [2.75, 3.05) is 5.32 Å². The molecule has 5 heteroatoms. The molecule has 2 bridgehead atoms. The Labute approximate surface area is 116 Å². The summed E-state index contributed by atoms with van der Waals surface area (Å²) in [5.41, 5.74) is 0.132. The molecule has 1 aromatic carbocycles. The number of halogens is 1. The summed E-state index contributed by atoms with van der Waals surface area (Å²) in [4.78, 5) is 10.1. The maximum Gasteiger partial charge on any atom is 0.306 e. The molecule has 20 heavy (non-hydrogen) atoms. The van der Waals surface area contributed by atoms with Crippen molar-refractivity contribution in [3.8, 4) is 0 Å². The van der Waals surface area contributed by atoms with Crippen LogP contribution in [-0.4, -0.2) is 11.0 Å². The lowest BCUT2D eigenvalue weighted by atomic mass is 9.87. The van der Waals surface area contributed by atoms with Crippen molar-refractivity contribution < 1.29 is 9.31 Å². The molecule has 2 aliphatic carbocycles. The minimum Gasteiger partial charge on any atom is -0.382 e. The van der Waals surface area contributed by atoms with Crippen LogP contribution in [0.25, 0.3) is 0 Å². The van der Waals surface area contributed by atoms with Gasteiger partial charge in [-0.15, -0.1) is 0 Å². The van der Waals surface area contributed by atoms with Gasteiger partial charge in [-0.3, -0.25) is 10.1 Å². The van der Waals surface area contributed by atoms with Gasteiger partial charge >= 0.3 is 5.69 Å². The zero-order chi connectivity index (χ0) is 14.3. The molecule has 0 aromatic heterocycles. The second kappa shape index (κ2) is 4.89. The number of fused-ring (bicyclic) bond motifs is 2. The molecule has 2 aliphatic rings. The lowest BCUT2D eigenvalue weighted by Gasteiger charge is -2.27. The van der Waals surface area contributed by atoms with E-state index in [-0.39, 0.29) is 6.04 Å². The molecule has 4 nitrogen and oxygen atoms in total. The van der Waals surface area contributed by atoms with Gasteiger partial charge in [-0.2, -0.15) is 4.39 Å². The highest BCUT2D eigenvalue weighted by Crippen LogP contribution is 2.45. The third-order valence-corrected chi connectivity index (χ3v) is 4.51. The van der Waals surface area contributed by atoms with Crippen LogP contribution in [0.1, 0.15) is 19.8 Å². The lowest BCUT2D eigenvalue weighted by Crippen LogP contribution is -2.28. The normalized spacial score (nSPS) is 28.6. The molecule has 0 saturated heterocycles. The Balaban J connectivity index is 1.73. The van der Waals surface area contributed by atoms with Crippen LogP contribution in [0.5, 0.6) is 0 Å². The Kier molecular flexibility index (Phi) is 3.20. The van der Waals surface area contributed by atoms with Gasteiger partial charge in [0.25, 0.3) is 0 Å². The zero-order valence-electron chi connectivity index (χ0n) is 11.3. The van der Waals surface area contributed by atoms with Gasteiger partial charge in [-0.05, 0) is 49.7 Å². The summed E-state index contributed by atoms with van der Waals surface area (Å²) in [5.74, 6) is 1.06. The van der Waals surface area contributed by atoms with Crippen LogP contribution < -0.4 is 5.32 Å². The van der Waals surface area contributed by atoms with E-state index in [1.807, 2.05) is 0 Å². The maximum atomic E-state index is 13.3. The minimum atomic E-state index is -0.795. The van der Waals surface area contributed by atoms with Crippen molar-refractivity contribution in [3.05, 3.63) is 46.3 Å². The van der Waals surface area contributed by atoms with Gasteiger partial charge in [0, 0.05) is 17.8 Å². The molecule has 1 N–H and O–H groups in total. The number of nitrogens with one attached hydrogen (secondary N) is 1. The van der Waals surface area contributed by atoms with Crippen molar-refractivity contribution in [2.45, 2.75) is 25.8 Å². The van der Waals surface area contributed by atoms with Gasteiger partial charge in [-0.25, -0.2) is 0 Å². The Morgan fingerprint density at radius 1 is 1.40 bits per heavy atom. The van der Waals surface area contributed by atoms with Crippen molar-refractivity contribution in [2.24, 2.45) is 17.8 Å². The molecule has 0 amide bonds. The monoisotopic (exact) mass is 276 g/mol. The standard InChI is InChI=1S/C15H17FN2O2/c1-9(13-7-10-2-3-11(13)6-10)17-12-4-5-14(16)15(8-12)18(19)20/h2-5,8-11,13,17H,6-7H2,1H3. The highest BCUT2D eigenvalue weighted by atomic mass is 19.1. The Morgan fingerprint density at radius 3 is 2.80 bits per heavy atom. The van der Waals surface area contributed by atoms with Crippen LogP contribution in [0.15, 0.2) is 30.4 Å². The second-order valence-corrected chi connectivity index (χ2v) is 5.80. The van der Waals surface area contributed by atoms with E-state index in [2.05, 4.69) is 24.4 Å². The van der Waals surface area contributed by atoms with Crippen LogP contribution in [0, 0.1) is 33.7 Å². The summed E-state index contributed by atoms with van der Waals surface area (Å²) >= 11 is 0. The molecule has 0 radical (unpaired) electrons. The third-order valence-electron chi connectivity index (χ3n) is 4.51. The molecule has 0 heterocycles. The van der Waals surface area contributed by atoms with Crippen LogP contribution in [0.2, 0.25) is 0 Å². The number of hydrogen-bond donors (Lipinski definition) is 1. The van der Waals surface area contributed by atoms with Gasteiger partial charge in [0.2, 0.25) is 5.82 Å². The molecular weight excluding hydrogens is 259 g/mol. The topological polar surface area (TPSA) is 55.2 Å². The average Bonchev–Trinajstić information content (AvgIpc) is 3.03. The van der Waals surface area contributed by atoms with Crippen LogP contribution in [0.4, 0.5) is 15.8 Å². The molecule has 3 rings (SSSR count). The number of benzene rings is 1. The predicted molar refractivity (Wildman–Crippen MR) is 75.0 cm³/mol. The van der Waals surface area contributed by atoms with Gasteiger partial charge in [-0.1, -0.05) is 12.2 Å². The van der Waals surface area contributed by atoms with E-state index in [4.69, 9.17) is 0 Å². The molecule has 1 aromatic rings. The fourth-order valence-corrected chi connectivity index (χ4v) is 3.51. The molecule has 4 unspecified atom stereocenters. The van der Waals surface area contributed by atoms with E-state index < -0.39 is 16.4 Å². The summed E-state index contributed by atoms with van der Waals surface area (Å²) < 4.78 is 13.3. The first-order valence-corrected chi connectivity index (χ1v) is 6.93. The fourth-order valence-electron chi connectivity index (χ4n) is 3.51. The molecule has 106 valence electrons. The number of allylic oxidation sites excluding steroid dienone is 2. The highest BCUT2D eigenvalue weighted by molar-refractivity contribution is 5.52. The summed E-state index contributed by atoms with van der Waals surface area (Å²) in [7, 11) is 0. The maximum absolute atomic E-state index is 13.3. The Hall–Kier alpha value is -1.91.